The van der Waals surface area contributed by atoms with Gasteiger partial charge in [-0.3, -0.25) is 9.69 Å². The maximum Gasteiger partial charge on any atom is 0.241 e. The minimum Gasteiger partial charge on any atom is -0.481 e. The number of hydrogen-bond donors (Lipinski definition) is 0. The van der Waals surface area contributed by atoms with E-state index in [-0.39, 0.29) is 5.91 Å². The van der Waals surface area contributed by atoms with Crippen LogP contribution in [0.15, 0.2) is 23.9 Å². The molecule has 6 heteroatoms. The van der Waals surface area contributed by atoms with Crippen LogP contribution in [0.4, 0.5) is 0 Å². The van der Waals surface area contributed by atoms with E-state index in [1.54, 1.807) is 0 Å². The molecule has 124 valence electrons. The second-order valence-electron chi connectivity index (χ2n) is 6.33. The fraction of sp³-hybridized carbons (Fsp3) is 0.471. The summed E-state index contributed by atoms with van der Waals surface area (Å²) in [5.74, 6) is 0.916. The highest BCUT2D eigenvalue weighted by molar-refractivity contribution is 9.09. The molecule has 0 unspecified atom stereocenters. The molecule has 2 aliphatic rings. The maximum atomic E-state index is 12.6. The predicted molar refractivity (Wildman–Crippen MR) is 96.1 cm³/mol. The van der Waals surface area contributed by atoms with Crippen LogP contribution in [0.2, 0.25) is 5.02 Å². The number of hydrogen-bond acceptors (Lipinski definition) is 3. The Morgan fingerprint density at radius 2 is 2.13 bits per heavy atom. The molecule has 1 aromatic carbocycles. The zero-order valence-corrected chi connectivity index (χ0v) is 15.7. The van der Waals surface area contributed by atoms with Gasteiger partial charge in [0.05, 0.1) is 12.2 Å². The Hall–Kier alpha value is -1.04. The fourth-order valence-corrected chi connectivity index (χ4v) is 3.75. The third kappa shape index (κ3) is 3.42. The van der Waals surface area contributed by atoms with Crippen molar-refractivity contribution in [2.24, 2.45) is 0 Å². The van der Waals surface area contributed by atoms with Crippen LogP contribution in [0.25, 0.3) is 6.08 Å². The highest BCUT2D eigenvalue weighted by atomic mass is 79.9. The Kier molecular flexibility index (Phi) is 4.72. The number of nitrogens with zero attached hydrogens (tertiary/aromatic N) is 2. The van der Waals surface area contributed by atoms with Crippen molar-refractivity contribution in [2.75, 3.05) is 31.5 Å². The lowest BCUT2D eigenvalue weighted by atomic mass is 9.96. The lowest BCUT2D eigenvalue weighted by Crippen LogP contribution is -2.54. The zero-order chi connectivity index (χ0) is 16.6. The van der Waals surface area contributed by atoms with Gasteiger partial charge >= 0.3 is 0 Å². The largest absolute Gasteiger partial charge is 0.481 e. The first-order valence-corrected chi connectivity index (χ1v) is 9.20. The summed E-state index contributed by atoms with van der Waals surface area (Å²) in [6.07, 6.45) is 2.03. The summed E-state index contributed by atoms with van der Waals surface area (Å²) in [7, 11) is 0. The topological polar surface area (TPSA) is 32.8 Å². The van der Waals surface area contributed by atoms with Gasteiger partial charge in [0, 0.05) is 35.6 Å². The number of carbonyl (C=O) groups excluding carboxylic acids is 1. The van der Waals surface area contributed by atoms with Crippen molar-refractivity contribution in [3.8, 4) is 5.75 Å². The maximum absolute atomic E-state index is 12.6. The molecular formula is C17H20BrClN2O2. The molecule has 1 saturated heterocycles. The molecule has 0 bridgehead atoms. The van der Waals surface area contributed by atoms with Gasteiger partial charge in [-0.05, 0) is 38.1 Å². The summed E-state index contributed by atoms with van der Waals surface area (Å²) < 4.78 is 6.12. The third-order valence-corrected chi connectivity index (χ3v) is 4.83. The van der Waals surface area contributed by atoms with Gasteiger partial charge in [0.1, 0.15) is 11.4 Å². The van der Waals surface area contributed by atoms with E-state index in [1.165, 1.54) is 0 Å². The normalized spacial score (nSPS) is 20.8. The molecule has 0 radical (unpaired) electrons. The molecule has 3 rings (SSSR count). The third-order valence-electron chi connectivity index (χ3n) is 4.24. The first kappa shape index (κ1) is 16.8. The molecule has 1 aromatic rings. The number of rotatable bonds is 3. The highest BCUT2D eigenvalue weighted by Crippen LogP contribution is 2.38. The van der Waals surface area contributed by atoms with Crippen LogP contribution >= 0.6 is 27.5 Å². The van der Waals surface area contributed by atoms with Crippen LogP contribution in [-0.4, -0.2) is 52.8 Å². The van der Waals surface area contributed by atoms with Crippen molar-refractivity contribution < 1.29 is 9.53 Å². The lowest BCUT2D eigenvalue weighted by Gasteiger charge is -2.42. The molecule has 23 heavy (non-hydrogen) atoms. The highest BCUT2D eigenvalue weighted by Gasteiger charge is 2.38. The Morgan fingerprint density at radius 1 is 1.35 bits per heavy atom. The van der Waals surface area contributed by atoms with Crippen molar-refractivity contribution >= 4 is 39.5 Å². The van der Waals surface area contributed by atoms with Gasteiger partial charge in [0.2, 0.25) is 5.91 Å². The van der Waals surface area contributed by atoms with Crippen LogP contribution in [0.5, 0.6) is 5.75 Å². The van der Waals surface area contributed by atoms with Gasteiger partial charge in [-0.25, -0.2) is 0 Å². The first-order valence-electron chi connectivity index (χ1n) is 7.70. The van der Waals surface area contributed by atoms with Gasteiger partial charge in [0.15, 0.2) is 0 Å². The molecule has 1 amide bonds. The van der Waals surface area contributed by atoms with Crippen molar-refractivity contribution in [3.05, 3.63) is 34.5 Å². The van der Waals surface area contributed by atoms with Gasteiger partial charge in [-0.15, -0.1) is 0 Å². The number of benzene rings is 1. The van der Waals surface area contributed by atoms with Crippen molar-refractivity contribution in [1.29, 1.82) is 0 Å². The van der Waals surface area contributed by atoms with Crippen molar-refractivity contribution in [2.45, 2.75) is 19.4 Å². The van der Waals surface area contributed by atoms with Crippen LogP contribution in [0.3, 0.4) is 0 Å². The van der Waals surface area contributed by atoms with Crippen LogP contribution in [0, 0.1) is 0 Å². The Morgan fingerprint density at radius 3 is 2.83 bits per heavy atom. The summed E-state index contributed by atoms with van der Waals surface area (Å²) in [4.78, 5) is 16.6. The summed E-state index contributed by atoms with van der Waals surface area (Å²) in [5, 5.41) is 1.54. The minimum absolute atomic E-state index is 0.116. The smallest absolute Gasteiger partial charge is 0.241 e. The molecule has 2 heterocycles. The standard InChI is InChI=1S/C17H20BrClN2O2/c1-17(2)15(10-12-9-13(19)3-4-14(12)23-17)21-8-7-20(6-5-18)11-16(21)22/h3-4,9-10H,5-8,11H2,1-2H3. The van der Waals surface area contributed by atoms with E-state index in [9.17, 15) is 4.79 Å². The first-order chi connectivity index (χ1) is 10.9. The SMILES string of the molecule is CC1(C)Oc2ccc(Cl)cc2C=C1N1CCN(CCBr)CC1=O. The number of carbonyl (C=O) groups is 1. The van der Waals surface area contributed by atoms with E-state index in [4.69, 9.17) is 16.3 Å². The number of halogens is 2. The average molecular weight is 400 g/mol. The molecule has 0 atom stereocenters. The number of ether oxygens (including phenoxy) is 1. The molecule has 4 nitrogen and oxygen atoms in total. The van der Waals surface area contributed by atoms with Gasteiger partial charge in [-0.1, -0.05) is 27.5 Å². The Labute approximate surface area is 150 Å². The zero-order valence-electron chi connectivity index (χ0n) is 13.3. The second-order valence-corrected chi connectivity index (χ2v) is 7.56. The molecule has 1 fully saturated rings. The number of alkyl halides is 1. The average Bonchev–Trinajstić information content (AvgIpc) is 2.48. The van der Waals surface area contributed by atoms with E-state index in [2.05, 4.69) is 20.8 Å². The molecule has 0 aromatic heterocycles. The minimum atomic E-state index is -0.548. The monoisotopic (exact) mass is 398 g/mol. The summed E-state index contributed by atoms with van der Waals surface area (Å²) in [6, 6.07) is 5.57. The van der Waals surface area contributed by atoms with E-state index in [0.717, 1.165) is 35.4 Å². The summed E-state index contributed by atoms with van der Waals surface area (Å²) in [5.41, 5.74) is 1.27. The van der Waals surface area contributed by atoms with E-state index in [1.807, 2.05) is 43.0 Å². The molecule has 0 N–H and O–H groups in total. The van der Waals surface area contributed by atoms with Crippen LogP contribution in [-0.2, 0) is 4.79 Å². The number of fused-ring (bicyclic) bond motifs is 1. The number of piperazine rings is 1. The van der Waals surface area contributed by atoms with Crippen LogP contribution in [0.1, 0.15) is 19.4 Å². The summed E-state index contributed by atoms with van der Waals surface area (Å²) in [6.45, 7) is 6.87. The lowest BCUT2D eigenvalue weighted by molar-refractivity contribution is -0.135. The molecular weight excluding hydrogens is 380 g/mol. The summed E-state index contributed by atoms with van der Waals surface area (Å²) >= 11 is 9.52. The molecule has 0 aliphatic carbocycles. The fourth-order valence-electron chi connectivity index (χ4n) is 3.06. The van der Waals surface area contributed by atoms with Gasteiger partial charge in [-0.2, -0.15) is 0 Å². The molecule has 0 saturated carbocycles. The molecule has 2 aliphatic heterocycles. The van der Waals surface area contributed by atoms with Gasteiger partial charge in [0.25, 0.3) is 0 Å². The van der Waals surface area contributed by atoms with E-state index in [0.29, 0.717) is 18.1 Å². The second kappa shape index (κ2) is 6.46. The van der Waals surface area contributed by atoms with E-state index < -0.39 is 5.60 Å². The van der Waals surface area contributed by atoms with Crippen molar-refractivity contribution in [1.82, 2.24) is 9.80 Å². The Balaban J connectivity index is 1.90. The van der Waals surface area contributed by atoms with Crippen molar-refractivity contribution in [3.63, 3.8) is 0 Å². The number of amides is 1. The van der Waals surface area contributed by atoms with E-state index >= 15 is 0 Å². The predicted octanol–water partition coefficient (Wildman–Crippen LogP) is 3.39. The van der Waals surface area contributed by atoms with Crippen LogP contribution < -0.4 is 4.74 Å². The quantitative estimate of drug-likeness (QED) is 0.730. The van der Waals surface area contributed by atoms with Gasteiger partial charge < -0.3 is 9.64 Å². The Bertz CT molecular complexity index is 660. The molecule has 0 spiro atoms.